The summed E-state index contributed by atoms with van der Waals surface area (Å²) < 4.78 is 91.0. The summed E-state index contributed by atoms with van der Waals surface area (Å²) in [6, 6.07) is 6.90. The van der Waals surface area contributed by atoms with Crippen molar-refractivity contribution < 1.29 is 40.5 Å². The molecule has 0 spiro atoms. The molecular formula is C21H22F6N2O3S. The maximum Gasteiger partial charge on any atom is 0.423 e. The Morgan fingerprint density at radius 2 is 1.67 bits per heavy atom. The summed E-state index contributed by atoms with van der Waals surface area (Å²) in [5.74, 6) is -0.585. The lowest BCUT2D eigenvalue weighted by Crippen LogP contribution is -2.48. The Hall–Kier alpha value is -2.60. The van der Waals surface area contributed by atoms with Gasteiger partial charge in [0.1, 0.15) is 5.75 Å². The molecule has 3 N–H and O–H groups in total. The van der Waals surface area contributed by atoms with E-state index in [2.05, 4.69) is 10.6 Å². The normalized spacial score (nSPS) is 14.9. The van der Waals surface area contributed by atoms with Gasteiger partial charge in [-0.05, 0) is 47.9 Å². The summed E-state index contributed by atoms with van der Waals surface area (Å²) in [6.07, 6.45) is -8.75. The molecule has 0 heterocycles. The molecule has 0 fully saturated rings. The number of carbonyl (C=O) groups is 1. The van der Waals surface area contributed by atoms with Crippen LogP contribution in [0, 0.1) is 6.92 Å². The lowest BCUT2D eigenvalue weighted by atomic mass is 9.91. The molecular weight excluding hydrogens is 474 g/mol. The minimum atomic E-state index is -5.26. The molecule has 2 aromatic rings. The number of anilines is 1. The number of hydrogen-bond acceptors (Lipinski definition) is 4. The number of halogens is 6. The molecule has 0 aliphatic carbocycles. The van der Waals surface area contributed by atoms with Crippen molar-refractivity contribution in [3.63, 3.8) is 0 Å². The van der Waals surface area contributed by atoms with Crippen LogP contribution in [0.2, 0.25) is 0 Å². The molecule has 0 radical (unpaired) electrons. The lowest BCUT2D eigenvalue weighted by molar-refractivity contribution is -0.260. The van der Waals surface area contributed by atoms with Crippen LogP contribution in [0.4, 0.5) is 32.0 Å². The fourth-order valence-electron chi connectivity index (χ4n) is 2.98. The SMILES string of the molecule is Cc1cc(NC[C@@](O)(c2cccc(C(F)(F)F)c2)C(F)(F)F)ccc1CNC(=O)C[S@@](C)=O. The molecule has 1 amide bonds. The average Bonchev–Trinajstić information content (AvgIpc) is 2.69. The van der Waals surface area contributed by atoms with Gasteiger partial charge in [0.25, 0.3) is 0 Å². The van der Waals surface area contributed by atoms with Crippen molar-refractivity contribution in [2.45, 2.75) is 31.4 Å². The average molecular weight is 496 g/mol. The fraction of sp³-hybridized carbons (Fsp3) is 0.381. The van der Waals surface area contributed by atoms with Crippen LogP contribution in [-0.4, -0.2) is 40.0 Å². The summed E-state index contributed by atoms with van der Waals surface area (Å²) in [7, 11) is -1.30. The number of rotatable bonds is 8. The number of benzene rings is 2. The van der Waals surface area contributed by atoms with Crippen molar-refractivity contribution in [1.82, 2.24) is 5.32 Å². The molecule has 5 nitrogen and oxygen atoms in total. The van der Waals surface area contributed by atoms with Crippen molar-refractivity contribution >= 4 is 22.4 Å². The first-order valence-electron chi connectivity index (χ1n) is 9.50. The minimum absolute atomic E-state index is 0.110. The Bertz CT molecular complexity index is 1030. The number of carbonyl (C=O) groups excluding carboxylic acids is 1. The maximum absolute atomic E-state index is 13.7. The van der Waals surface area contributed by atoms with Crippen molar-refractivity contribution in [3.05, 3.63) is 64.7 Å². The highest BCUT2D eigenvalue weighted by Gasteiger charge is 2.55. The Balaban J connectivity index is 2.20. The molecule has 2 atom stereocenters. The van der Waals surface area contributed by atoms with Gasteiger partial charge in [0, 0.05) is 29.3 Å². The van der Waals surface area contributed by atoms with Crippen LogP contribution in [0.3, 0.4) is 0 Å². The molecule has 0 aliphatic heterocycles. The Labute approximate surface area is 188 Å². The maximum atomic E-state index is 13.7. The second-order valence-corrected chi connectivity index (χ2v) is 8.86. The van der Waals surface area contributed by atoms with Gasteiger partial charge < -0.3 is 15.7 Å². The van der Waals surface area contributed by atoms with Gasteiger partial charge in [-0.15, -0.1) is 0 Å². The number of hydrogen-bond donors (Lipinski definition) is 3. The topological polar surface area (TPSA) is 78.4 Å². The third-order valence-electron chi connectivity index (χ3n) is 4.84. The molecule has 12 heteroatoms. The van der Waals surface area contributed by atoms with Gasteiger partial charge in [-0.25, -0.2) is 0 Å². The van der Waals surface area contributed by atoms with E-state index >= 15 is 0 Å². The predicted octanol–water partition coefficient (Wildman–Crippen LogP) is 3.87. The summed E-state index contributed by atoms with van der Waals surface area (Å²) in [5.41, 5.74) is -4.39. The van der Waals surface area contributed by atoms with Crippen LogP contribution in [0.15, 0.2) is 42.5 Å². The zero-order valence-corrected chi connectivity index (χ0v) is 18.4. The lowest BCUT2D eigenvalue weighted by Gasteiger charge is -2.32. The number of aliphatic hydroxyl groups is 1. The smallest absolute Gasteiger partial charge is 0.381 e. The molecule has 0 unspecified atom stereocenters. The Morgan fingerprint density at radius 3 is 2.21 bits per heavy atom. The van der Waals surface area contributed by atoms with E-state index in [4.69, 9.17) is 0 Å². The summed E-state index contributed by atoms with van der Waals surface area (Å²) >= 11 is 0. The van der Waals surface area contributed by atoms with Crippen molar-refractivity contribution in [2.75, 3.05) is 23.9 Å². The van der Waals surface area contributed by atoms with Crippen LogP contribution in [0.25, 0.3) is 0 Å². The summed E-state index contributed by atoms with van der Waals surface area (Å²) in [4.78, 5) is 11.6. The molecule has 182 valence electrons. The van der Waals surface area contributed by atoms with Crippen LogP contribution in [-0.2, 0) is 33.9 Å². The van der Waals surface area contributed by atoms with Crippen molar-refractivity contribution in [1.29, 1.82) is 0 Å². The first-order chi connectivity index (χ1) is 15.1. The van der Waals surface area contributed by atoms with E-state index in [-0.39, 0.29) is 24.1 Å². The van der Waals surface area contributed by atoms with Gasteiger partial charge in [0.15, 0.2) is 0 Å². The number of alkyl halides is 6. The van der Waals surface area contributed by atoms with Gasteiger partial charge in [-0.3, -0.25) is 9.00 Å². The monoisotopic (exact) mass is 496 g/mol. The highest BCUT2D eigenvalue weighted by molar-refractivity contribution is 7.85. The van der Waals surface area contributed by atoms with Gasteiger partial charge in [-0.1, -0.05) is 18.2 Å². The number of nitrogens with one attached hydrogen (secondary N) is 2. The second kappa shape index (κ2) is 10.1. The quantitative estimate of drug-likeness (QED) is 0.485. The van der Waals surface area contributed by atoms with E-state index in [1.807, 2.05) is 0 Å². The zero-order chi connectivity index (χ0) is 25.0. The van der Waals surface area contributed by atoms with Gasteiger partial charge in [-0.2, -0.15) is 26.3 Å². The number of aryl methyl sites for hydroxylation is 1. The molecule has 0 bridgehead atoms. The third-order valence-corrected chi connectivity index (χ3v) is 5.51. The second-order valence-electron chi connectivity index (χ2n) is 7.43. The highest BCUT2D eigenvalue weighted by Crippen LogP contribution is 2.41. The molecule has 2 rings (SSSR count). The minimum Gasteiger partial charge on any atom is -0.381 e. The Morgan fingerprint density at radius 1 is 1.03 bits per heavy atom. The largest absolute Gasteiger partial charge is 0.423 e. The van der Waals surface area contributed by atoms with E-state index in [9.17, 15) is 40.5 Å². The summed E-state index contributed by atoms with van der Waals surface area (Å²) in [6.45, 7) is 0.627. The van der Waals surface area contributed by atoms with E-state index in [0.717, 1.165) is 12.1 Å². The predicted molar refractivity (Wildman–Crippen MR) is 112 cm³/mol. The van der Waals surface area contributed by atoms with Crippen LogP contribution < -0.4 is 10.6 Å². The highest BCUT2D eigenvalue weighted by atomic mass is 32.2. The zero-order valence-electron chi connectivity index (χ0n) is 17.6. The van der Waals surface area contributed by atoms with Crippen LogP contribution >= 0.6 is 0 Å². The molecule has 0 saturated heterocycles. The standard InChI is InChI=1S/C21H22F6N2O3S/c1-13-8-17(7-6-14(13)10-28-18(30)11-33(2)32)29-12-19(31,21(25,26)27)15-4-3-5-16(9-15)20(22,23)24/h3-9,29,31H,10-12H2,1-2H3,(H,28,30)/t19-,33-/m1/s1. The molecule has 0 saturated carbocycles. The van der Waals surface area contributed by atoms with Gasteiger partial charge in [0.2, 0.25) is 11.5 Å². The van der Waals surface area contributed by atoms with Gasteiger partial charge >= 0.3 is 12.4 Å². The van der Waals surface area contributed by atoms with E-state index < -0.39 is 52.3 Å². The first-order valence-corrected chi connectivity index (χ1v) is 11.2. The third kappa shape index (κ3) is 6.94. The molecule has 2 aromatic carbocycles. The van der Waals surface area contributed by atoms with Gasteiger partial charge in [0.05, 0.1) is 12.1 Å². The van der Waals surface area contributed by atoms with E-state index in [1.165, 1.54) is 24.5 Å². The fourth-order valence-corrected chi connectivity index (χ4v) is 3.45. The molecule has 0 aromatic heterocycles. The molecule has 33 heavy (non-hydrogen) atoms. The Kier molecular flexibility index (Phi) is 8.18. The van der Waals surface area contributed by atoms with Crippen molar-refractivity contribution in [2.24, 2.45) is 0 Å². The van der Waals surface area contributed by atoms with Crippen molar-refractivity contribution in [3.8, 4) is 0 Å². The van der Waals surface area contributed by atoms with Crippen LogP contribution in [0.5, 0.6) is 0 Å². The summed E-state index contributed by atoms with van der Waals surface area (Å²) in [5, 5.41) is 15.4. The van der Waals surface area contributed by atoms with E-state index in [1.54, 1.807) is 6.92 Å². The first kappa shape index (κ1) is 26.7. The number of amides is 1. The van der Waals surface area contributed by atoms with Crippen LogP contribution in [0.1, 0.15) is 22.3 Å². The molecule has 0 aliphatic rings. The van der Waals surface area contributed by atoms with E-state index in [0.29, 0.717) is 17.2 Å².